The van der Waals surface area contributed by atoms with Crippen LogP contribution in [0.4, 0.5) is 0 Å². The largest absolute Gasteiger partial charge is 0.317 e. The maximum Gasteiger partial charge on any atom is 0.261 e. The van der Waals surface area contributed by atoms with Crippen LogP contribution in [0.25, 0.3) is 10.9 Å². The molecule has 0 aliphatic carbocycles. The molecule has 4 nitrogen and oxygen atoms in total. The van der Waals surface area contributed by atoms with E-state index in [-0.39, 0.29) is 11.6 Å². The molecule has 1 saturated heterocycles. The summed E-state index contributed by atoms with van der Waals surface area (Å²) in [6, 6.07) is 5.48. The molecule has 2 aromatic rings. The maximum absolute atomic E-state index is 12.4. The molecular formula is C13H14ClN3O. The van der Waals surface area contributed by atoms with E-state index >= 15 is 0 Å². The number of aromatic nitrogens is 2. The molecule has 0 radical (unpaired) electrons. The van der Waals surface area contributed by atoms with Gasteiger partial charge in [0, 0.05) is 11.1 Å². The summed E-state index contributed by atoms with van der Waals surface area (Å²) in [5.41, 5.74) is 0.712. The second kappa shape index (κ2) is 4.71. The van der Waals surface area contributed by atoms with Crippen molar-refractivity contribution in [2.45, 2.75) is 18.9 Å². The highest BCUT2D eigenvalue weighted by molar-refractivity contribution is 6.31. The van der Waals surface area contributed by atoms with E-state index in [1.54, 1.807) is 29.1 Å². The Hall–Kier alpha value is -1.39. The predicted octanol–water partition coefficient (Wildman–Crippen LogP) is 1.97. The Morgan fingerprint density at radius 2 is 2.11 bits per heavy atom. The van der Waals surface area contributed by atoms with Crippen LogP contribution in [0.5, 0.6) is 0 Å². The molecule has 1 aliphatic rings. The summed E-state index contributed by atoms with van der Waals surface area (Å²) in [6.45, 7) is 1.90. The number of fused-ring (bicyclic) bond motifs is 1. The topological polar surface area (TPSA) is 46.9 Å². The van der Waals surface area contributed by atoms with E-state index in [0.29, 0.717) is 15.9 Å². The third kappa shape index (κ3) is 2.02. The summed E-state index contributed by atoms with van der Waals surface area (Å²) in [6.07, 6.45) is 3.59. The van der Waals surface area contributed by atoms with E-state index in [4.69, 9.17) is 11.6 Å². The van der Waals surface area contributed by atoms with Crippen molar-refractivity contribution in [1.82, 2.24) is 14.9 Å². The minimum Gasteiger partial charge on any atom is -0.317 e. The van der Waals surface area contributed by atoms with Crippen molar-refractivity contribution in [3.8, 4) is 0 Å². The van der Waals surface area contributed by atoms with Gasteiger partial charge < -0.3 is 5.32 Å². The molecule has 3 rings (SSSR count). The fourth-order valence-corrected chi connectivity index (χ4v) is 2.63. The quantitative estimate of drug-likeness (QED) is 0.856. The van der Waals surface area contributed by atoms with Crippen LogP contribution in [-0.4, -0.2) is 22.6 Å². The molecule has 1 aromatic heterocycles. The minimum atomic E-state index is 0.00870. The lowest BCUT2D eigenvalue weighted by atomic mass is 10.1. The molecule has 1 N–H and O–H groups in total. The lowest BCUT2D eigenvalue weighted by Crippen LogP contribution is -2.34. The van der Waals surface area contributed by atoms with E-state index in [1.807, 2.05) is 0 Å². The van der Waals surface area contributed by atoms with Gasteiger partial charge in [-0.1, -0.05) is 11.6 Å². The molecule has 0 spiro atoms. The van der Waals surface area contributed by atoms with Crippen LogP contribution in [0.2, 0.25) is 5.02 Å². The summed E-state index contributed by atoms with van der Waals surface area (Å²) in [5.74, 6) is 0. The average molecular weight is 264 g/mol. The second-order valence-electron chi connectivity index (χ2n) is 4.60. The van der Waals surface area contributed by atoms with Crippen molar-refractivity contribution in [1.29, 1.82) is 0 Å². The van der Waals surface area contributed by atoms with Crippen LogP contribution in [0.1, 0.15) is 18.9 Å². The van der Waals surface area contributed by atoms with Crippen molar-refractivity contribution in [2.75, 3.05) is 13.1 Å². The molecule has 1 aliphatic heterocycles. The van der Waals surface area contributed by atoms with E-state index < -0.39 is 0 Å². The van der Waals surface area contributed by atoms with Crippen LogP contribution in [-0.2, 0) is 0 Å². The Morgan fingerprint density at radius 3 is 2.89 bits per heavy atom. The number of piperidine rings is 1. The molecule has 1 aromatic carbocycles. The zero-order valence-electron chi connectivity index (χ0n) is 9.90. The van der Waals surface area contributed by atoms with Crippen molar-refractivity contribution < 1.29 is 0 Å². The SMILES string of the molecule is O=c1c2cc(Cl)ccc2ncn1C1CCNCC1. The minimum absolute atomic E-state index is 0.00870. The molecule has 5 heteroatoms. The average Bonchev–Trinajstić information content (AvgIpc) is 2.41. The zero-order chi connectivity index (χ0) is 12.5. The van der Waals surface area contributed by atoms with Crippen LogP contribution in [0.3, 0.4) is 0 Å². The Labute approximate surface area is 110 Å². The number of nitrogens with one attached hydrogen (secondary N) is 1. The Morgan fingerprint density at radius 1 is 1.33 bits per heavy atom. The predicted molar refractivity (Wildman–Crippen MR) is 72.2 cm³/mol. The first kappa shape index (κ1) is 11.7. The molecule has 2 heterocycles. The monoisotopic (exact) mass is 263 g/mol. The van der Waals surface area contributed by atoms with Gasteiger partial charge in [0.25, 0.3) is 5.56 Å². The number of rotatable bonds is 1. The molecule has 1 fully saturated rings. The standard InChI is InChI=1S/C13H14ClN3O/c14-9-1-2-12-11(7-9)13(18)17(8-16-12)10-3-5-15-6-4-10/h1-2,7-8,10,15H,3-6H2. The maximum atomic E-state index is 12.4. The Kier molecular flexibility index (Phi) is 3.06. The number of halogens is 1. The molecular weight excluding hydrogens is 250 g/mol. The van der Waals surface area contributed by atoms with Crippen LogP contribution in [0, 0.1) is 0 Å². The van der Waals surface area contributed by atoms with E-state index in [2.05, 4.69) is 10.3 Å². The third-order valence-corrected chi connectivity index (χ3v) is 3.68. The van der Waals surface area contributed by atoms with Gasteiger partial charge in [-0.15, -0.1) is 0 Å². The van der Waals surface area contributed by atoms with Crippen LogP contribution < -0.4 is 10.9 Å². The van der Waals surface area contributed by atoms with Crippen molar-refractivity contribution in [2.24, 2.45) is 0 Å². The third-order valence-electron chi connectivity index (χ3n) is 3.45. The van der Waals surface area contributed by atoms with Gasteiger partial charge in [0.2, 0.25) is 0 Å². The first-order valence-electron chi connectivity index (χ1n) is 6.13. The van der Waals surface area contributed by atoms with Gasteiger partial charge in [0.1, 0.15) is 0 Å². The van der Waals surface area contributed by atoms with Gasteiger partial charge in [0.05, 0.1) is 17.2 Å². The fraction of sp³-hybridized carbons (Fsp3) is 0.385. The number of benzene rings is 1. The number of nitrogens with zero attached hydrogens (tertiary/aromatic N) is 2. The summed E-state index contributed by atoms with van der Waals surface area (Å²) < 4.78 is 1.75. The second-order valence-corrected chi connectivity index (χ2v) is 5.04. The number of hydrogen-bond acceptors (Lipinski definition) is 3. The van der Waals surface area contributed by atoms with Gasteiger partial charge >= 0.3 is 0 Å². The van der Waals surface area contributed by atoms with Crippen molar-refractivity contribution in [3.63, 3.8) is 0 Å². The fourth-order valence-electron chi connectivity index (χ4n) is 2.45. The van der Waals surface area contributed by atoms with Crippen LogP contribution >= 0.6 is 11.6 Å². The molecule has 0 amide bonds. The molecule has 0 saturated carbocycles. The highest BCUT2D eigenvalue weighted by Crippen LogP contribution is 2.19. The molecule has 0 atom stereocenters. The summed E-state index contributed by atoms with van der Waals surface area (Å²) in [4.78, 5) is 16.8. The summed E-state index contributed by atoms with van der Waals surface area (Å²) in [5, 5.41) is 4.47. The molecule has 94 valence electrons. The van der Waals surface area contributed by atoms with E-state index in [9.17, 15) is 4.79 Å². The van der Waals surface area contributed by atoms with Crippen LogP contribution in [0.15, 0.2) is 29.3 Å². The van der Waals surface area contributed by atoms with Gasteiger partial charge in [0.15, 0.2) is 0 Å². The highest BCUT2D eigenvalue weighted by atomic mass is 35.5. The van der Waals surface area contributed by atoms with Gasteiger partial charge in [-0.3, -0.25) is 9.36 Å². The first-order chi connectivity index (χ1) is 8.75. The van der Waals surface area contributed by atoms with E-state index in [0.717, 1.165) is 25.9 Å². The Bertz CT molecular complexity index is 632. The normalized spacial score (nSPS) is 17.2. The van der Waals surface area contributed by atoms with E-state index in [1.165, 1.54) is 0 Å². The Balaban J connectivity index is 2.13. The van der Waals surface area contributed by atoms with Gasteiger partial charge in [-0.25, -0.2) is 4.98 Å². The first-order valence-corrected chi connectivity index (χ1v) is 6.50. The molecule has 0 bridgehead atoms. The summed E-state index contributed by atoms with van der Waals surface area (Å²) >= 11 is 5.94. The lowest BCUT2D eigenvalue weighted by Gasteiger charge is -2.24. The van der Waals surface area contributed by atoms with Crippen molar-refractivity contribution >= 4 is 22.5 Å². The number of hydrogen-bond donors (Lipinski definition) is 1. The highest BCUT2D eigenvalue weighted by Gasteiger charge is 2.17. The van der Waals surface area contributed by atoms with Crippen molar-refractivity contribution in [3.05, 3.63) is 39.9 Å². The zero-order valence-corrected chi connectivity index (χ0v) is 10.7. The smallest absolute Gasteiger partial charge is 0.261 e. The molecule has 18 heavy (non-hydrogen) atoms. The lowest BCUT2D eigenvalue weighted by molar-refractivity contribution is 0.359. The molecule has 0 unspecified atom stereocenters. The summed E-state index contributed by atoms with van der Waals surface area (Å²) in [7, 11) is 0. The van der Waals surface area contributed by atoms with Gasteiger partial charge in [-0.05, 0) is 44.1 Å². The van der Waals surface area contributed by atoms with Gasteiger partial charge in [-0.2, -0.15) is 0 Å².